The van der Waals surface area contributed by atoms with Gasteiger partial charge in [0.15, 0.2) is 5.69 Å². The average molecular weight is 394 g/mol. The smallest absolute Gasteiger partial charge is 0.273 e. The normalized spacial score (nSPS) is 11.8. The van der Waals surface area contributed by atoms with Gasteiger partial charge in [0, 0.05) is 11.4 Å². The average Bonchev–Trinajstić information content (AvgIpc) is 3.00. The van der Waals surface area contributed by atoms with Gasteiger partial charge in [-0.2, -0.15) is 0 Å². The molecule has 1 atom stereocenters. The second kappa shape index (κ2) is 7.51. The standard InChI is InChI=1S/C16H12F2N4O4S/c17-10-2-1-3-11(18)12(10)15-21-13(14(19)23)16(26-15)20-8-4-6-9(7-5-8)22-27(24)25/h1-7,20,22H,(H2,19,23)(H,24,25). The lowest BCUT2D eigenvalue weighted by Crippen LogP contribution is -2.13. The van der Waals surface area contributed by atoms with Crippen molar-refractivity contribution >= 4 is 34.4 Å². The molecule has 1 heterocycles. The van der Waals surface area contributed by atoms with Gasteiger partial charge in [0.2, 0.25) is 11.8 Å². The molecule has 140 valence electrons. The van der Waals surface area contributed by atoms with Gasteiger partial charge >= 0.3 is 0 Å². The third-order valence-corrected chi connectivity index (χ3v) is 3.80. The summed E-state index contributed by atoms with van der Waals surface area (Å²) in [7, 11) is 0. The predicted octanol–water partition coefficient (Wildman–Crippen LogP) is 3.01. The third-order valence-electron chi connectivity index (χ3n) is 3.39. The minimum absolute atomic E-state index is 0.202. The molecule has 0 fully saturated rings. The van der Waals surface area contributed by atoms with Crippen molar-refractivity contribution in [1.29, 1.82) is 0 Å². The van der Waals surface area contributed by atoms with E-state index in [-0.39, 0.29) is 11.6 Å². The Bertz CT molecular complexity index is 1000. The summed E-state index contributed by atoms with van der Waals surface area (Å²) in [5, 5.41) is 2.72. The number of carbonyl (C=O) groups excluding carboxylic acids is 1. The lowest BCUT2D eigenvalue weighted by molar-refractivity contribution is 0.0996. The summed E-state index contributed by atoms with van der Waals surface area (Å²) >= 11 is -2.22. The van der Waals surface area contributed by atoms with Gasteiger partial charge in [-0.05, 0) is 36.4 Å². The van der Waals surface area contributed by atoms with Crippen molar-refractivity contribution in [2.24, 2.45) is 5.73 Å². The topological polar surface area (TPSA) is 130 Å². The number of nitrogens with one attached hydrogen (secondary N) is 2. The minimum atomic E-state index is -2.22. The molecule has 0 aliphatic rings. The number of benzene rings is 2. The molecule has 8 nitrogen and oxygen atoms in total. The van der Waals surface area contributed by atoms with E-state index >= 15 is 0 Å². The minimum Gasteiger partial charge on any atom is -0.419 e. The maximum atomic E-state index is 13.9. The lowest BCUT2D eigenvalue weighted by atomic mass is 10.2. The molecule has 1 amide bonds. The fourth-order valence-corrected chi connectivity index (χ4v) is 2.57. The quantitative estimate of drug-likeness (QED) is 0.476. The second-order valence-electron chi connectivity index (χ2n) is 5.21. The van der Waals surface area contributed by atoms with Gasteiger partial charge in [-0.3, -0.25) is 14.1 Å². The van der Waals surface area contributed by atoms with Crippen LogP contribution in [0.4, 0.5) is 26.0 Å². The van der Waals surface area contributed by atoms with Crippen LogP contribution < -0.4 is 15.8 Å². The first-order valence-corrected chi connectivity index (χ1v) is 8.45. The van der Waals surface area contributed by atoms with E-state index < -0.39 is 40.3 Å². The molecule has 11 heteroatoms. The highest BCUT2D eigenvalue weighted by Crippen LogP contribution is 2.31. The van der Waals surface area contributed by atoms with Crippen molar-refractivity contribution < 1.29 is 26.8 Å². The molecule has 3 aromatic rings. The number of anilines is 3. The number of halogens is 2. The fourth-order valence-electron chi connectivity index (χ4n) is 2.23. The number of nitrogens with zero attached hydrogens (tertiary/aromatic N) is 1. The van der Waals surface area contributed by atoms with Crippen LogP contribution in [0.1, 0.15) is 10.5 Å². The molecular weight excluding hydrogens is 382 g/mol. The van der Waals surface area contributed by atoms with E-state index in [9.17, 15) is 17.8 Å². The number of oxazole rings is 1. The molecule has 0 saturated heterocycles. The van der Waals surface area contributed by atoms with Crippen molar-refractivity contribution in [3.63, 3.8) is 0 Å². The first-order chi connectivity index (χ1) is 12.8. The number of rotatable bonds is 6. The molecule has 0 bridgehead atoms. The molecule has 0 saturated carbocycles. The van der Waals surface area contributed by atoms with Gasteiger partial charge in [-0.15, -0.1) is 0 Å². The first-order valence-electron chi connectivity index (χ1n) is 7.34. The van der Waals surface area contributed by atoms with Crippen LogP contribution in [0, 0.1) is 11.6 Å². The molecule has 2 aromatic carbocycles. The second-order valence-corrected chi connectivity index (χ2v) is 5.91. The SMILES string of the molecule is NC(=O)c1nc(-c2c(F)cccc2F)oc1Nc1ccc(NS(=O)O)cc1. The lowest BCUT2D eigenvalue weighted by Gasteiger charge is -2.06. The molecule has 27 heavy (non-hydrogen) atoms. The van der Waals surface area contributed by atoms with Crippen LogP contribution in [0.3, 0.4) is 0 Å². The molecule has 0 aliphatic carbocycles. The monoisotopic (exact) mass is 394 g/mol. The van der Waals surface area contributed by atoms with E-state index in [0.29, 0.717) is 11.4 Å². The highest BCUT2D eigenvalue weighted by atomic mass is 32.2. The van der Waals surface area contributed by atoms with E-state index in [2.05, 4.69) is 15.0 Å². The third kappa shape index (κ3) is 4.10. The van der Waals surface area contributed by atoms with E-state index in [1.807, 2.05) is 0 Å². The van der Waals surface area contributed by atoms with Crippen molar-refractivity contribution in [3.8, 4) is 11.5 Å². The number of carbonyl (C=O) groups is 1. The molecule has 0 aliphatic heterocycles. The van der Waals surface area contributed by atoms with Crippen molar-refractivity contribution in [1.82, 2.24) is 4.98 Å². The van der Waals surface area contributed by atoms with Gasteiger partial charge in [-0.25, -0.2) is 18.0 Å². The summed E-state index contributed by atoms with van der Waals surface area (Å²) in [6.07, 6.45) is 0. The molecular formula is C16H12F2N4O4S. The van der Waals surface area contributed by atoms with Crippen LogP contribution in [0.5, 0.6) is 0 Å². The fraction of sp³-hybridized carbons (Fsp3) is 0. The van der Waals surface area contributed by atoms with Crippen LogP contribution >= 0.6 is 0 Å². The van der Waals surface area contributed by atoms with Crippen molar-refractivity contribution in [2.75, 3.05) is 10.0 Å². The van der Waals surface area contributed by atoms with Crippen LogP contribution in [-0.4, -0.2) is 19.7 Å². The number of aromatic nitrogens is 1. The molecule has 1 aromatic heterocycles. The number of hydrogen-bond donors (Lipinski definition) is 4. The van der Waals surface area contributed by atoms with Gasteiger partial charge in [0.05, 0.1) is 0 Å². The predicted molar refractivity (Wildman–Crippen MR) is 94.5 cm³/mol. The zero-order valence-corrected chi connectivity index (χ0v) is 14.2. The number of primary amides is 1. The Morgan fingerprint density at radius 2 is 1.70 bits per heavy atom. The largest absolute Gasteiger partial charge is 0.419 e. The van der Waals surface area contributed by atoms with E-state index in [4.69, 9.17) is 14.7 Å². The maximum absolute atomic E-state index is 13.9. The van der Waals surface area contributed by atoms with Gasteiger partial charge < -0.3 is 15.5 Å². The van der Waals surface area contributed by atoms with E-state index in [0.717, 1.165) is 12.1 Å². The van der Waals surface area contributed by atoms with Gasteiger partial charge in [-0.1, -0.05) is 6.07 Å². The van der Waals surface area contributed by atoms with E-state index in [1.54, 1.807) is 0 Å². The number of nitrogens with two attached hydrogens (primary N) is 1. The Kier molecular flexibility index (Phi) is 5.14. The Morgan fingerprint density at radius 1 is 1.11 bits per heavy atom. The molecule has 0 radical (unpaired) electrons. The van der Waals surface area contributed by atoms with Crippen LogP contribution in [-0.2, 0) is 11.3 Å². The Morgan fingerprint density at radius 3 is 2.26 bits per heavy atom. The molecule has 5 N–H and O–H groups in total. The zero-order chi connectivity index (χ0) is 19.6. The summed E-state index contributed by atoms with van der Waals surface area (Å²) in [5.74, 6) is -3.43. The van der Waals surface area contributed by atoms with Crippen LogP contribution in [0.25, 0.3) is 11.5 Å². The Hall–Kier alpha value is -3.31. The highest BCUT2D eigenvalue weighted by molar-refractivity contribution is 7.80. The maximum Gasteiger partial charge on any atom is 0.273 e. The Labute approximate surface area is 153 Å². The van der Waals surface area contributed by atoms with Crippen molar-refractivity contribution in [3.05, 3.63) is 59.8 Å². The van der Waals surface area contributed by atoms with Gasteiger partial charge in [0.1, 0.15) is 17.2 Å². The Balaban J connectivity index is 1.95. The van der Waals surface area contributed by atoms with Gasteiger partial charge in [0.25, 0.3) is 17.2 Å². The summed E-state index contributed by atoms with van der Waals surface area (Å²) in [6.45, 7) is 0. The van der Waals surface area contributed by atoms with E-state index in [1.165, 1.54) is 30.3 Å². The zero-order valence-electron chi connectivity index (χ0n) is 13.4. The van der Waals surface area contributed by atoms with Crippen LogP contribution in [0.2, 0.25) is 0 Å². The summed E-state index contributed by atoms with van der Waals surface area (Å²) < 4.78 is 54.9. The van der Waals surface area contributed by atoms with Crippen molar-refractivity contribution in [2.45, 2.75) is 0 Å². The number of amides is 1. The number of hydrogen-bond acceptors (Lipinski definition) is 5. The highest BCUT2D eigenvalue weighted by Gasteiger charge is 2.23. The summed E-state index contributed by atoms with van der Waals surface area (Å²) in [4.78, 5) is 15.4. The summed E-state index contributed by atoms with van der Waals surface area (Å²) in [5.41, 5.74) is 5.15. The molecule has 1 unspecified atom stereocenters. The van der Waals surface area contributed by atoms with Crippen LogP contribution in [0.15, 0.2) is 46.9 Å². The first kappa shape index (κ1) is 18.5. The summed E-state index contributed by atoms with van der Waals surface area (Å²) in [6, 6.07) is 9.20. The molecule has 0 spiro atoms. The molecule has 3 rings (SSSR count).